The number of thiophene rings is 1. The summed E-state index contributed by atoms with van der Waals surface area (Å²) in [6.07, 6.45) is 1.65. The highest BCUT2D eigenvalue weighted by molar-refractivity contribution is 7.10. The van der Waals surface area contributed by atoms with E-state index in [1.807, 2.05) is 11.9 Å². The van der Waals surface area contributed by atoms with Crippen LogP contribution in [0, 0.1) is 12.8 Å². The molecule has 2 rings (SSSR count). The maximum absolute atomic E-state index is 12.3. The van der Waals surface area contributed by atoms with Gasteiger partial charge in [-0.15, -0.1) is 11.3 Å². The molecule has 21 heavy (non-hydrogen) atoms. The lowest BCUT2D eigenvalue weighted by Crippen LogP contribution is -2.47. The number of rotatable bonds is 5. The number of carbonyl (C=O) groups is 2. The molecule has 2 N–H and O–H groups in total. The number of amides is 2. The number of hydrogen-bond donors (Lipinski definition) is 1. The summed E-state index contributed by atoms with van der Waals surface area (Å²) >= 11 is 1.72. The molecule has 0 bridgehead atoms. The Labute approximate surface area is 129 Å². The van der Waals surface area contributed by atoms with E-state index in [4.69, 9.17) is 5.73 Å². The van der Waals surface area contributed by atoms with Gasteiger partial charge in [0, 0.05) is 24.5 Å². The molecule has 2 heterocycles. The van der Waals surface area contributed by atoms with Crippen LogP contribution in [0.25, 0.3) is 0 Å². The van der Waals surface area contributed by atoms with Crippen molar-refractivity contribution in [2.24, 2.45) is 11.7 Å². The Bertz CT molecular complexity index is 515. The molecule has 116 valence electrons. The van der Waals surface area contributed by atoms with Crippen molar-refractivity contribution < 1.29 is 9.59 Å². The van der Waals surface area contributed by atoms with E-state index in [-0.39, 0.29) is 17.7 Å². The van der Waals surface area contributed by atoms with Crippen LogP contribution in [0.3, 0.4) is 0 Å². The van der Waals surface area contributed by atoms with E-state index in [0.29, 0.717) is 13.1 Å². The molecule has 1 aliphatic heterocycles. The largest absolute Gasteiger partial charge is 0.369 e. The van der Waals surface area contributed by atoms with E-state index in [1.54, 1.807) is 16.2 Å². The van der Waals surface area contributed by atoms with Gasteiger partial charge < -0.3 is 10.6 Å². The van der Waals surface area contributed by atoms with Crippen molar-refractivity contribution in [3.8, 4) is 0 Å². The molecule has 5 nitrogen and oxygen atoms in total. The zero-order valence-corrected chi connectivity index (χ0v) is 13.5. The van der Waals surface area contributed by atoms with Crippen molar-refractivity contribution in [1.29, 1.82) is 0 Å². The molecule has 0 aromatic carbocycles. The first kappa shape index (κ1) is 16.0. The summed E-state index contributed by atoms with van der Waals surface area (Å²) in [5.74, 6) is -0.403. The number of primary amides is 1. The maximum Gasteiger partial charge on any atom is 0.236 e. The summed E-state index contributed by atoms with van der Waals surface area (Å²) in [5, 5.41) is 2.07. The van der Waals surface area contributed by atoms with Gasteiger partial charge in [0.1, 0.15) is 0 Å². The van der Waals surface area contributed by atoms with Crippen LogP contribution in [0.2, 0.25) is 0 Å². The highest BCUT2D eigenvalue weighted by Gasteiger charge is 2.27. The Balaban J connectivity index is 1.86. The van der Waals surface area contributed by atoms with Crippen molar-refractivity contribution >= 4 is 23.2 Å². The van der Waals surface area contributed by atoms with Crippen molar-refractivity contribution in [2.75, 3.05) is 26.7 Å². The van der Waals surface area contributed by atoms with E-state index in [2.05, 4.69) is 18.4 Å². The Morgan fingerprint density at radius 2 is 2.29 bits per heavy atom. The number of hydrogen-bond acceptors (Lipinski definition) is 4. The van der Waals surface area contributed by atoms with Crippen LogP contribution in [-0.2, 0) is 16.1 Å². The van der Waals surface area contributed by atoms with Gasteiger partial charge in [0.15, 0.2) is 0 Å². The van der Waals surface area contributed by atoms with Crippen LogP contribution >= 0.6 is 11.3 Å². The first-order chi connectivity index (χ1) is 9.97. The molecular weight excluding hydrogens is 286 g/mol. The molecule has 0 spiro atoms. The lowest BCUT2D eigenvalue weighted by atomic mass is 9.97. The minimum atomic E-state index is -0.296. The van der Waals surface area contributed by atoms with Gasteiger partial charge in [-0.25, -0.2) is 0 Å². The third-order valence-corrected chi connectivity index (χ3v) is 4.97. The van der Waals surface area contributed by atoms with Crippen molar-refractivity contribution in [3.05, 3.63) is 21.9 Å². The molecule has 1 unspecified atom stereocenters. The Morgan fingerprint density at radius 1 is 1.52 bits per heavy atom. The third-order valence-electron chi connectivity index (χ3n) is 3.96. The second-order valence-electron chi connectivity index (χ2n) is 5.78. The summed E-state index contributed by atoms with van der Waals surface area (Å²) in [4.78, 5) is 28.7. The number of piperidine rings is 1. The highest BCUT2D eigenvalue weighted by atomic mass is 32.1. The zero-order chi connectivity index (χ0) is 15.4. The molecule has 1 aromatic rings. The van der Waals surface area contributed by atoms with Gasteiger partial charge in [-0.05, 0) is 43.8 Å². The molecular formula is C15H23N3O2S. The molecule has 0 radical (unpaired) electrons. The molecule has 1 fully saturated rings. The van der Waals surface area contributed by atoms with Crippen LogP contribution in [0.5, 0.6) is 0 Å². The smallest absolute Gasteiger partial charge is 0.236 e. The van der Waals surface area contributed by atoms with E-state index >= 15 is 0 Å². The van der Waals surface area contributed by atoms with Gasteiger partial charge in [0.05, 0.1) is 12.5 Å². The van der Waals surface area contributed by atoms with E-state index < -0.39 is 0 Å². The van der Waals surface area contributed by atoms with Crippen molar-refractivity contribution in [1.82, 2.24) is 9.80 Å². The number of carbonyl (C=O) groups excluding carboxylic acids is 2. The number of nitrogens with two attached hydrogens (primary N) is 1. The van der Waals surface area contributed by atoms with Gasteiger partial charge in [-0.3, -0.25) is 14.5 Å². The van der Waals surface area contributed by atoms with Crippen LogP contribution in [-0.4, -0.2) is 48.3 Å². The van der Waals surface area contributed by atoms with Crippen LogP contribution in [0.1, 0.15) is 23.3 Å². The summed E-state index contributed by atoms with van der Waals surface area (Å²) in [7, 11) is 1.95. The predicted octanol–water partition coefficient (Wildman–Crippen LogP) is 1.21. The third kappa shape index (κ3) is 4.28. The van der Waals surface area contributed by atoms with Gasteiger partial charge in [0.2, 0.25) is 11.8 Å². The van der Waals surface area contributed by atoms with Crippen LogP contribution in [0.4, 0.5) is 0 Å². The number of likely N-dealkylation sites (N-methyl/N-ethyl adjacent to an activating group) is 1. The monoisotopic (exact) mass is 309 g/mol. The fraction of sp³-hybridized carbons (Fsp3) is 0.600. The predicted molar refractivity (Wildman–Crippen MR) is 83.9 cm³/mol. The van der Waals surface area contributed by atoms with Crippen LogP contribution < -0.4 is 5.73 Å². The van der Waals surface area contributed by atoms with Gasteiger partial charge in [-0.2, -0.15) is 0 Å². The minimum absolute atomic E-state index is 0.0812. The summed E-state index contributed by atoms with van der Waals surface area (Å²) in [6, 6.07) is 2.09. The Kier molecular flexibility index (Phi) is 5.36. The van der Waals surface area contributed by atoms with Gasteiger partial charge in [-0.1, -0.05) is 0 Å². The van der Waals surface area contributed by atoms with Crippen molar-refractivity contribution in [2.45, 2.75) is 26.3 Å². The molecule has 1 atom stereocenters. The molecule has 0 aliphatic carbocycles. The average Bonchev–Trinajstić information content (AvgIpc) is 2.84. The van der Waals surface area contributed by atoms with Crippen LogP contribution in [0.15, 0.2) is 11.4 Å². The molecule has 2 amide bonds. The topological polar surface area (TPSA) is 66.6 Å². The molecule has 1 aromatic heterocycles. The molecule has 1 aliphatic rings. The maximum atomic E-state index is 12.3. The normalized spacial score (nSPS) is 19.0. The van der Waals surface area contributed by atoms with Crippen molar-refractivity contribution in [3.63, 3.8) is 0 Å². The average molecular weight is 309 g/mol. The lowest BCUT2D eigenvalue weighted by Gasteiger charge is -2.32. The molecule has 6 heteroatoms. The second-order valence-corrected chi connectivity index (χ2v) is 6.78. The number of aryl methyl sites for hydroxylation is 1. The zero-order valence-electron chi connectivity index (χ0n) is 12.7. The SMILES string of the molecule is Cc1ccsc1CN(C)CC(=O)N1CCCC(C(N)=O)C1. The second kappa shape index (κ2) is 7.04. The quantitative estimate of drug-likeness (QED) is 0.889. The standard InChI is InChI=1S/C15H23N3O2S/c1-11-5-7-21-13(11)9-17(2)10-14(19)18-6-3-4-12(8-18)15(16)20/h5,7,12H,3-4,6,8-10H2,1-2H3,(H2,16,20). The van der Waals surface area contributed by atoms with Gasteiger partial charge >= 0.3 is 0 Å². The number of likely N-dealkylation sites (tertiary alicyclic amines) is 1. The van der Waals surface area contributed by atoms with E-state index in [0.717, 1.165) is 25.9 Å². The molecule has 0 saturated carbocycles. The fourth-order valence-corrected chi connectivity index (χ4v) is 3.62. The summed E-state index contributed by atoms with van der Waals surface area (Å²) < 4.78 is 0. The summed E-state index contributed by atoms with van der Waals surface area (Å²) in [6.45, 7) is 4.45. The van der Waals surface area contributed by atoms with E-state index in [1.165, 1.54) is 10.4 Å². The summed E-state index contributed by atoms with van der Waals surface area (Å²) in [5.41, 5.74) is 6.62. The first-order valence-electron chi connectivity index (χ1n) is 7.26. The van der Waals surface area contributed by atoms with Gasteiger partial charge in [0.25, 0.3) is 0 Å². The molecule has 1 saturated heterocycles. The highest BCUT2D eigenvalue weighted by Crippen LogP contribution is 2.18. The number of nitrogens with zero attached hydrogens (tertiary/aromatic N) is 2. The Morgan fingerprint density at radius 3 is 2.90 bits per heavy atom. The lowest BCUT2D eigenvalue weighted by molar-refractivity contribution is -0.135. The fourth-order valence-electron chi connectivity index (χ4n) is 2.63. The minimum Gasteiger partial charge on any atom is -0.369 e. The Hall–Kier alpha value is -1.40. The first-order valence-corrected chi connectivity index (χ1v) is 8.14. The van der Waals surface area contributed by atoms with E-state index in [9.17, 15) is 9.59 Å².